The SMILES string of the molecule is c1ccc2c(-c3ccc(-c4ccc(-c5ccc(-c6ccc(-c7scc8ccccc78)s6)s5)s4)s3)scc2c1. The van der Waals surface area contributed by atoms with Crippen molar-refractivity contribution in [2.75, 3.05) is 0 Å². The third-order valence-corrected chi connectivity index (χ3v) is 13.9. The van der Waals surface area contributed by atoms with E-state index in [-0.39, 0.29) is 0 Å². The molecule has 0 atom stereocenters. The van der Waals surface area contributed by atoms with Crippen LogP contribution in [0.5, 0.6) is 0 Å². The van der Waals surface area contributed by atoms with Crippen LogP contribution in [0.15, 0.2) is 108 Å². The first-order chi connectivity index (χ1) is 18.8. The molecule has 0 radical (unpaired) electrons. The predicted molar refractivity (Wildman–Crippen MR) is 176 cm³/mol. The van der Waals surface area contributed by atoms with Crippen molar-refractivity contribution in [2.45, 2.75) is 0 Å². The Morgan fingerprint density at radius 3 is 1.03 bits per heavy atom. The van der Waals surface area contributed by atoms with Gasteiger partial charge in [0.2, 0.25) is 0 Å². The number of rotatable bonds is 5. The monoisotopic (exact) mass is 594 g/mol. The minimum Gasteiger partial charge on any atom is -0.142 e. The Bertz CT molecular complexity index is 1900. The Morgan fingerprint density at radius 1 is 0.316 bits per heavy atom. The molecule has 0 amide bonds. The summed E-state index contributed by atoms with van der Waals surface area (Å²) in [7, 11) is 0. The normalized spacial score (nSPS) is 11.7. The minimum absolute atomic E-state index is 1.33. The van der Waals surface area contributed by atoms with Crippen molar-refractivity contribution in [3.8, 4) is 48.8 Å². The standard InChI is InChI=1S/C32H18S6/c1-3-7-21-19(5-1)17-33-31(21)29-15-13-27(37-29)25-11-9-23(35-25)24-10-12-26(36-24)28-14-16-30(38-28)32-22-8-4-2-6-20(22)18-34-32/h1-18H. The first kappa shape index (κ1) is 23.1. The molecule has 6 aromatic heterocycles. The van der Waals surface area contributed by atoms with Gasteiger partial charge < -0.3 is 0 Å². The molecular formula is C32H18S6. The van der Waals surface area contributed by atoms with Gasteiger partial charge in [-0.3, -0.25) is 0 Å². The molecule has 6 heteroatoms. The Balaban J connectivity index is 1.06. The lowest BCUT2D eigenvalue weighted by Gasteiger charge is -1.95. The van der Waals surface area contributed by atoms with E-state index in [0.717, 1.165) is 0 Å². The van der Waals surface area contributed by atoms with Crippen LogP contribution in [0.3, 0.4) is 0 Å². The van der Waals surface area contributed by atoms with Gasteiger partial charge in [-0.05, 0) is 70.1 Å². The predicted octanol–water partition coefficient (Wildman–Crippen LogP) is 12.7. The van der Waals surface area contributed by atoms with Crippen molar-refractivity contribution in [3.63, 3.8) is 0 Å². The van der Waals surface area contributed by atoms with Crippen LogP contribution >= 0.6 is 68.0 Å². The quantitative estimate of drug-likeness (QED) is 0.186. The van der Waals surface area contributed by atoms with Crippen molar-refractivity contribution in [1.29, 1.82) is 0 Å². The lowest BCUT2D eigenvalue weighted by Crippen LogP contribution is -1.66. The molecule has 8 aromatic rings. The smallest absolute Gasteiger partial charge is 0.0521 e. The van der Waals surface area contributed by atoms with Crippen molar-refractivity contribution in [2.24, 2.45) is 0 Å². The molecule has 0 bridgehead atoms. The second-order valence-electron chi connectivity index (χ2n) is 8.96. The van der Waals surface area contributed by atoms with Gasteiger partial charge in [0, 0.05) is 49.8 Å². The van der Waals surface area contributed by atoms with Gasteiger partial charge in [-0.25, -0.2) is 0 Å². The first-order valence-corrected chi connectivity index (χ1v) is 17.2. The number of hydrogen-bond acceptors (Lipinski definition) is 6. The van der Waals surface area contributed by atoms with E-state index < -0.39 is 0 Å². The van der Waals surface area contributed by atoms with Crippen LogP contribution in [0.1, 0.15) is 0 Å². The van der Waals surface area contributed by atoms with E-state index in [1.165, 1.54) is 70.3 Å². The third-order valence-electron chi connectivity index (χ3n) is 6.62. The second-order valence-corrected chi connectivity index (χ2v) is 15.1. The molecule has 0 fully saturated rings. The molecule has 0 unspecified atom stereocenters. The summed E-state index contributed by atoms with van der Waals surface area (Å²) in [5.41, 5.74) is 0. The summed E-state index contributed by atoms with van der Waals surface area (Å²) in [6.45, 7) is 0. The topological polar surface area (TPSA) is 0 Å². The third kappa shape index (κ3) is 3.95. The van der Waals surface area contributed by atoms with E-state index in [1.54, 1.807) is 0 Å². The van der Waals surface area contributed by atoms with E-state index in [4.69, 9.17) is 0 Å². The molecule has 0 nitrogen and oxygen atoms in total. The van der Waals surface area contributed by atoms with Gasteiger partial charge >= 0.3 is 0 Å². The maximum Gasteiger partial charge on any atom is 0.0521 e. The lowest BCUT2D eigenvalue weighted by molar-refractivity contribution is 1.84. The number of benzene rings is 2. The van der Waals surface area contributed by atoms with Crippen LogP contribution in [0, 0.1) is 0 Å². The molecule has 0 aliphatic carbocycles. The van der Waals surface area contributed by atoms with Crippen LogP contribution < -0.4 is 0 Å². The molecule has 182 valence electrons. The van der Waals surface area contributed by atoms with E-state index in [1.807, 2.05) is 68.0 Å². The van der Waals surface area contributed by atoms with Gasteiger partial charge in [0.15, 0.2) is 0 Å². The lowest BCUT2D eigenvalue weighted by atomic mass is 10.2. The highest BCUT2D eigenvalue weighted by atomic mass is 32.1. The fraction of sp³-hybridized carbons (Fsp3) is 0. The highest BCUT2D eigenvalue weighted by Gasteiger charge is 2.15. The zero-order valence-corrected chi connectivity index (χ0v) is 24.7. The number of fused-ring (bicyclic) bond motifs is 2. The highest BCUT2D eigenvalue weighted by molar-refractivity contribution is 7.30. The van der Waals surface area contributed by atoms with Gasteiger partial charge in [0.05, 0.1) is 9.75 Å². The maximum atomic E-state index is 2.28. The van der Waals surface area contributed by atoms with Crippen LogP contribution in [0.4, 0.5) is 0 Å². The van der Waals surface area contributed by atoms with Gasteiger partial charge in [0.25, 0.3) is 0 Å². The molecule has 0 spiro atoms. The van der Waals surface area contributed by atoms with Gasteiger partial charge in [-0.1, -0.05) is 48.5 Å². The molecule has 0 aliphatic rings. The summed E-state index contributed by atoms with van der Waals surface area (Å²) < 4.78 is 0. The molecule has 0 N–H and O–H groups in total. The highest BCUT2D eigenvalue weighted by Crippen LogP contribution is 2.47. The summed E-state index contributed by atoms with van der Waals surface area (Å²) in [4.78, 5) is 13.5. The summed E-state index contributed by atoms with van der Waals surface area (Å²) in [5, 5.41) is 9.90. The Labute approximate surface area is 244 Å². The van der Waals surface area contributed by atoms with Crippen molar-refractivity contribution in [1.82, 2.24) is 0 Å². The Hall–Kier alpha value is -2.84. The summed E-state index contributed by atoms with van der Waals surface area (Å²) >= 11 is 11.3. The first-order valence-electron chi connectivity index (χ1n) is 12.1. The van der Waals surface area contributed by atoms with Gasteiger partial charge in [-0.2, -0.15) is 0 Å². The summed E-state index contributed by atoms with van der Waals surface area (Å²) in [6.07, 6.45) is 0. The average Bonchev–Trinajstić information content (AvgIpc) is 3.78. The number of thiophene rings is 6. The zero-order chi connectivity index (χ0) is 25.1. The molecule has 6 heterocycles. The number of hydrogen-bond donors (Lipinski definition) is 0. The van der Waals surface area contributed by atoms with Crippen LogP contribution in [0.2, 0.25) is 0 Å². The zero-order valence-electron chi connectivity index (χ0n) is 19.8. The second kappa shape index (κ2) is 9.42. The van der Waals surface area contributed by atoms with Crippen molar-refractivity contribution < 1.29 is 0 Å². The molecule has 0 saturated heterocycles. The summed E-state index contributed by atoms with van der Waals surface area (Å²) in [6, 6.07) is 35.6. The molecule has 38 heavy (non-hydrogen) atoms. The minimum atomic E-state index is 1.33. The average molecular weight is 595 g/mol. The molecule has 2 aromatic carbocycles. The van der Waals surface area contributed by atoms with E-state index in [0.29, 0.717) is 0 Å². The fourth-order valence-corrected chi connectivity index (χ4v) is 11.4. The molecular weight excluding hydrogens is 577 g/mol. The summed E-state index contributed by atoms with van der Waals surface area (Å²) in [5.74, 6) is 0. The molecule has 0 saturated carbocycles. The van der Waals surface area contributed by atoms with Crippen molar-refractivity contribution in [3.05, 3.63) is 108 Å². The molecule has 0 aliphatic heterocycles. The van der Waals surface area contributed by atoms with Crippen molar-refractivity contribution >= 4 is 89.6 Å². The van der Waals surface area contributed by atoms with Crippen LogP contribution in [0.25, 0.3) is 70.3 Å². The van der Waals surface area contributed by atoms with E-state index >= 15 is 0 Å². The largest absolute Gasteiger partial charge is 0.142 e. The van der Waals surface area contributed by atoms with E-state index in [9.17, 15) is 0 Å². The van der Waals surface area contributed by atoms with Crippen LogP contribution in [-0.4, -0.2) is 0 Å². The van der Waals surface area contributed by atoms with Gasteiger partial charge in [0.1, 0.15) is 0 Å². The van der Waals surface area contributed by atoms with Gasteiger partial charge in [-0.15, -0.1) is 68.0 Å². The fourth-order valence-electron chi connectivity index (χ4n) is 4.76. The molecule has 8 rings (SSSR count). The maximum absolute atomic E-state index is 2.28. The Kier molecular flexibility index (Phi) is 5.72. The van der Waals surface area contributed by atoms with Crippen LogP contribution in [-0.2, 0) is 0 Å². The van der Waals surface area contributed by atoms with E-state index in [2.05, 4.69) is 108 Å². The Morgan fingerprint density at radius 2 is 0.632 bits per heavy atom.